The number of morpholine rings is 1. The number of aryl methyl sites for hydroxylation is 1. The Morgan fingerprint density at radius 2 is 1.71 bits per heavy atom. The van der Waals surface area contributed by atoms with E-state index in [0.29, 0.717) is 5.82 Å². The standard InChI is InChI=1S/C35H41N5O2/c1-25-12-14-26(15-13-25)40-32(24-31(37-40)34(2,3)4)39(33(36)41)30-17-16-29(27-10-6-7-11-28(27)30)35(18-8-5-9-19-35)38-20-22-42-23-21-38/h6-8,10-18,24H,5,9,19-23H2,1-4H3,(H2,36,41). The first-order valence-corrected chi connectivity index (χ1v) is 15.0. The Morgan fingerprint density at radius 1 is 1.00 bits per heavy atom. The second-order valence-electron chi connectivity index (χ2n) is 12.6. The molecule has 42 heavy (non-hydrogen) atoms. The van der Waals surface area contributed by atoms with Gasteiger partial charge < -0.3 is 10.5 Å². The molecule has 6 rings (SSSR count). The Hall–Kier alpha value is -3.94. The number of nitrogens with zero attached hydrogens (tertiary/aromatic N) is 4. The summed E-state index contributed by atoms with van der Waals surface area (Å²) in [5.41, 5.74) is 10.7. The molecule has 1 saturated heterocycles. The molecule has 2 amide bonds. The first-order valence-electron chi connectivity index (χ1n) is 15.0. The van der Waals surface area contributed by atoms with Crippen molar-refractivity contribution in [2.45, 2.75) is 57.9 Å². The molecule has 3 aromatic carbocycles. The number of carbonyl (C=O) groups is 1. The molecule has 7 nitrogen and oxygen atoms in total. The van der Waals surface area contributed by atoms with Crippen LogP contribution in [0.3, 0.4) is 0 Å². The molecule has 0 bridgehead atoms. The van der Waals surface area contributed by atoms with Gasteiger partial charge in [-0.15, -0.1) is 0 Å². The number of rotatable bonds is 5. The molecule has 2 heterocycles. The van der Waals surface area contributed by atoms with E-state index in [1.54, 1.807) is 4.90 Å². The van der Waals surface area contributed by atoms with Crippen LogP contribution in [-0.4, -0.2) is 47.0 Å². The van der Waals surface area contributed by atoms with E-state index < -0.39 is 6.03 Å². The fourth-order valence-corrected chi connectivity index (χ4v) is 6.46. The van der Waals surface area contributed by atoms with E-state index in [-0.39, 0.29) is 11.0 Å². The SMILES string of the molecule is Cc1ccc(-n2nc(C(C)(C)C)cc2N(C(N)=O)c2ccc(C3(N4CCOCC4)C=CCCC3)c3ccccc23)cc1. The number of hydrogen-bond acceptors (Lipinski definition) is 4. The zero-order valence-electron chi connectivity index (χ0n) is 25.1. The smallest absolute Gasteiger partial charge is 0.325 e. The quantitative estimate of drug-likeness (QED) is 0.263. The predicted molar refractivity (Wildman–Crippen MR) is 170 cm³/mol. The van der Waals surface area contributed by atoms with Gasteiger partial charge in [-0.1, -0.05) is 81.0 Å². The minimum Gasteiger partial charge on any atom is -0.379 e. The number of anilines is 2. The molecule has 0 saturated carbocycles. The van der Waals surface area contributed by atoms with E-state index in [1.165, 1.54) is 5.56 Å². The van der Waals surface area contributed by atoms with E-state index in [4.69, 9.17) is 15.6 Å². The Labute approximate surface area is 248 Å². The van der Waals surface area contributed by atoms with Crippen LogP contribution in [-0.2, 0) is 15.7 Å². The normalized spacial score (nSPS) is 19.7. The number of ether oxygens (including phenoxy) is 1. The van der Waals surface area contributed by atoms with Gasteiger partial charge in [0.1, 0.15) is 5.82 Å². The van der Waals surface area contributed by atoms with Crippen LogP contribution >= 0.6 is 0 Å². The number of hydrogen-bond donors (Lipinski definition) is 1. The Morgan fingerprint density at radius 3 is 2.36 bits per heavy atom. The zero-order chi connectivity index (χ0) is 29.5. The molecule has 0 radical (unpaired) electrons. The molecule has 4 aromatic rings. The third kappa shape index (κ3) is 5.01. The maximum atomic E-state index is 13.4. The molecule has 1 aromatic heterocycles. The van der Waals surface area contributed by atoms with E-state index in [1.807, 2.05) is 28.9 Å². The van der Waals surface area contributed by atoms with Crippen molar-refractivity contribution in [3.63, 3.8) is 0 Å². The lowest BCUT2D eigenvalue weighted by Gasteiger charge is -2.46. The van der Waals surface area contributed by atoms with Crippen LogP contribution in [0.1, 0.15) is 56.9 Å². The van der Waals surface area contributed by atoms with Gasteiger partial charge in [0.25, 0.3) is 0 Å². The average Bonchev–Trinajstić information content (AvgIpc) is 3.44. The second-order valence-corrected chi connectivity index (χ2v) is 12.6. The van der Waals surface area contributed by atoms with E-state index in [9.17, 15) is 4.79 Å². The minimum absolute atomic E-state index is 0.221. The third-order valence-electron chi connectivity index (χ3n) is 8.69. The van der Waals surface area contributed by atoms with Crippen LogP contribution in [0.25, 0.3) is 16.5 Å². The summed E-state index contributed by atoms with van der Waals surface area (Å²) in [7, 11) is 0. The van der Waals surface area contributed by atoms with Gasteiger partial charge in [0.2, 0.25) is 0 Å². The molecular formula is C35H41N5O2. The molecule has 7 heteroatoms. The number of allylic oxidation sites excluding steroid dienone is 1. The summed E-state index contributed by atoms with van der Waals surface area (Å²) in [4.78, 5) is 17.6. The molecule has 2 N–H and O–H groups in total. The largest absolute Gasteiger partial charge is 0.379 e. The number of amides is 2. The second kappa shape index (κ2) is 11.0. The Balaban J connectivity index is 1.56. The lowest BCUT2D eigenvalue weighted by molar-refractivity contribution is -0.0120. The van der Waals surface area contributed by atoms with Crippen LogP contribution in [0.4, 0.5) is 16.3 Å². The van der Waals surface area contributed by atoms with Crippen molar-refractivity contribution in [1.29, 1.82) is 0 Å². The first-order chi connectivity index (χ1) is 20.2. The van der Waals surface area contributed by atoms with Gasteiger partial charge >= 0.3 is 6.03 Å². The molecule has 218 valence electrons. The summed E-state index contributed by atoms with van der Waals surface area (Å²) in [5.74, 6) is 0.620. The molecule has 2 aliphatic rings. The van der Waals surface area contributed by atoms with E-state index in [0.717, 1.165) is 79.0 Å². The van der Waals surface area contributed by atoms with E-state index >= 15 is 0 Å². The Kier molecular flexibility index (Phi) is 7.41. The summed E-state index contributed by atoms with van der Waals surface area (Å²) in [6, 6.07) is 22.3. The maximum absolute atomic E-state index is 13.4. The van der Waals surface area contributed by atoms with Crippen LogP contribution in [0.15, 0.2) is 78.9 Å². The molecule has 1 atom stereocenters. The summed E-state index contributed by atoms with van der Waals surface area (Å²) >= 11 is 0. The maximum Gasteiger partial charge on any atom is 0.325 e. The lowest BCUT2D eigenvalue weighted by atomic mass is 9.77. The summed E-state index contributed by atoms with van der Waals surface area (Å²) < 4.78 is 7.57. The minimum atomic E-state index is -0.554. The van der Waals surface area contributed by atoms with Gasteiger partial charge in [-0.05, 0) is 55.3 Å². The summed E-state index contributed by atoms with van der Waals surface area (Å²) in [6.45, 7) is 11.7. The van der Waals surface area contributed by atoms with Gasteiger partial charge in [-0.2, -0.15) is 5.10 Å². The van der Waals surface area contributed by atoms with Crippen molar-refractivity contribution in [1.82, 2.24) is 14.7 Å². The van der Waals surface area contributed by atoms with Crippen LogP contribution in [0, 0.1) is 6.92 Å². The average molecular weight is 564 g/mol. The van der Waals surface area contributed by atoms with E-state index in [2.05, 4.69) is 87.2 Å². The van der Waals surface area contributed by atoms with Crippen molar-refractivity contribution in [2.75, 3.05) is 31.2 Å². The van der Waals surface area contributed by atoms with Gasteiger partial charge in [-0.3, -0.25) is 4.90 Å². The van der Waals surface area contributed by atoms with Crippen molar-refractivity contribution in [3.05, 3.63) is 95.7 Å². The van der Waals surface area contributed by atoms with Gasteiger partial charge in [0.15, 0.2) is 0 Å². The number of primary amides is 1. The molecule has 0 spiro atoms. The number of carbonyl (C=O) groups excluding carboxylic acids is 1. The van der Waals surface area contributed by atoms with Crippen LogP contribution in [0.5, 0.6) is 0 Å². The van der Waals surface area contributed by atoms with Crippen LogP contribution in [0.2, 0.25) is 0 Å². The predicted octanol–water partition coefficient (Wildman–Crippen LogP) is 7.12. The van der Waals surface area contributed by atoms with Crippen molar-refractivity contribution in [3.8, 4) is 5.69 Å². The highest BCUT2D eigenvalue weighted by molar-refractivity contribution is 6.08. The van der Waals surface area contributed by atoms with Crippen LogP contribution < -0.4 is 10.6 Å². The number of aromatic nitrogens is 2. The molecule has 1 aliphatic heterocycles. The highest BCUT2D eigenvalue weighted by atomic mass is 16.5. The fraction of sp³-hybridized carbons (Fsp3) is 0.371. The molecule has 1 fully saturated rings. The molecular weight excluding hydrogens is 522 g/mol. The number of nitrogens with two attached hydrogens (primary N) is 1. The number of benzene rings is 3. The monoisotopic (exact) mass is 563 g/mol. The topological polar surface area (TPSA) is 76.6 Å². The van der Waals surface area contributed by atoms with Crippen molar-refractivity contribution in [2.24, 2.45) is 5.73 Å². The first kappa shape index (κ1) is 28.2. The highest BCUT2D eigenvalue weighted by Crippen LogP contribution is 2.45. The van der Waals surface area contributed by atoms with Crippen molar-refractivity contribution >= 4 is 28.3 Å². The lowest BCUT2D eigenvalue weighted by Crippen LogP contribution is -2.51. The Bertz CT molecular complexity index is 1630. The van der Waals surface area contributed by atoms with Gasteiger partial charge in [0.05, 0.1) is 35.8 Å². The van der Waals surface area contributed by atoms with Crippen molar-refractivity contribution < 1.29 is 9.53 Å². The summed E-state index contributed by atoms with van der Waals surface area (Å²) in [6.07, 6.45) is 7.99. The third-order valence-corrected chi connectivity index (χ3v) is 8.69. The molecule has 1 unspecified atom stereocenters. The highest BCUT2D eigenvalue weighted by Gasteiger charge is 2.39. The fourth-order valence-electron chi connectivity index (χ4n) is 6.46. The number of urea groups is 1. The molecule has 1 aliphatic carbocycles. The summed E-state index contributed by atoms with van der Waals surface area (Å²) in [5, 5.41) is 7.10. The number of fused-ring (bicyclic) bond motifs is 1. The zero-order valence-corrected chi connectivity index (χ0v) is 25.1. The van der Waals surface area contributed by atoms with Gasteiger partial charge in [-0.25, -0.2) is 14.4 Å². The van der Waals surface area contributed by atoms with Gasteiger partial charge in [0, 0.05) is 30.0 Å².